The topological polar surface area (TPSA) is 68.8 Å². The van der Waals surface area contributed by atoms with Gasteiger partial charge in [-0.15, -0.1) is 0 Å². The Hall–Kier alpha value is -2.99. The predicted octanol–water partition coefficient (Wildman–Crippen LogP) is 2.87. The van der Waals surface area contributed by atoms with Gasteiger partial charge < -0.3 is 9.67 Å². The smallest absolute Gasteiger partial charge is 0.146 e. The van der Waals surface area contributed by atoms with E-state index in [1.807, 2.05) is 52.7 Å². The Kier molecular flexibility index (Phi) is 3.39. The summed E-state index contributed by atoms with van der Waals surface area (Å²) in [6.07, 6.45) is 6.62. The van der Waals surface area contributed by atoms with E-state index in [1.54, 1.807) is 25.5 Å². The van der Waals surface area contributed by atoms with Gasteiger partial charge in [-0.1, -0.05) is 0 Å². The van der Waals surface area contributed by atoms with Crippen LogP contribution in [0.4, 0.5) is 0 Å². The summed E-state index contributed by atoms with van der Waals surface area (Å²) in [6.45, 7) is 1.72. The standard InChI is InChI=1S/C18H17N5O/c1-12(24)17-21-15-10-14(5-6-16(15)22(17)2)23-9-8-20-18(23)13-4-3-7-19-11-13/h3-12,24H,1-2H3. The van der Waals surface area contributed by atoms with Gasteiger partial charge in [-0.25, -0.2) is 9.97 Å². The van der Waals surface area contributed by atoms with Crippen LogP contribution in [-0.4, -0.2) is 29.2 Å². The maximum Gasteiger partial charge on any atom is 0.146 e. The molecule has 1 N–H and O–H groups in total. The molecule has 1 atom stereocenters. The number of aromatic nitrogens is 5. The normalized spacial score (nSPS) is 12.6. The number of imidazole rings is 2. The fourth-order valence-corrected chi connectivity index (χ4v) is 2.95. The first-order valence-corrected chi connectivity index (χ1v) is 7.73. The third-order valence-corrected chi connectivity index (χ3v) is 4.11. The number of nitrogens with zero attached hydrogens (tertiary/aromatic N) is 5. The molecule has 0 saturated heterocycles. The van der Waals surface area contributed by atoms with Crippen molar-refractivity contribution in [3.63, 3.8) is 0 Å². The molecule has 1 aromatic carbocycles. The van der Waals surface area contributed by atoms with Crippen molar-refractivity contribution < 1.29 is 5.11 Å². The van der Waals surface area contributed by atoms with Crippen LogP contribution in [0.25, 0.3) is 28.1 Å². The fourth-order valence-electron chi connectivity index (χ4n) is 2.95. The zero-order valence-corrected chi connectivity index (χ0v) is 13.5. The van der Waals surface area contributed by atoms with Crippen LogP contribution in [0, 0.1) is 0 Å². The molecule has 3 aromatic heterocycles. The molecule has 3 heterocycles. The number of aliphatic hydroxyl groups is 1. The first kappa shape index (κ1) is 14.6. The summed E-state index contributed by atoms with van der Waals surface area (Å²) in [7, 11) is 1.91. The lowest BCUT2D eigenvalue weighted by molar-refractivity contribution is 0.186. The van der Waals surface area contributed by atoms with E-state index < -0.39 is 6.10 Å². The maximum absolute atomic E-state index is 9.85. The summed E-state index contributed by atoms with van der Waals surface area (Å²) in [5.41, 5.74) is 3.75. The number of aliphatic hydroxyl groups excluding tert-OH is 1. The van der Waals surface area contributed by atoms with Crippen LogP contribution in [0.3, 0.4) is 0 Å². The van der Waals surface area contributed by atoms with Gasteiger partial charge in [0, 0.05) is 43.1 Å². The number of aryl methyl sites for hydroxylation is 1. The quantitative estimate of drug-likeness (QED) is 0.630. The zero-order chi connectivity index (χ0) is 16.7. The van der Waals surface area contributed by atoms with Crippen molar-refractivity contribution in [1.82, 2.24) is 24.1 Å². The lowest BCUT2D eigenvalue weighted by Gasteiger charge is -2.08. The summed E-state index contributed by atoms with van der Waals surface area (Å²) < 4.78 is 3.92. The lowest BCUT2D eigenvalue weighted by atomic mass is 10.2. The van der Waals surface area contributed by atoms with Crippen molar-refractivity contribution in [2.75, 3.05) is 0 Å². The van der Waals surface area contributed by atoms with E-state index in [-0.39, 0.29) is 0 Å². The SMILES string of the molecule is CC(O)c1nc2cc(-n3ccnc3-c3cccnc3)ccc2n1C. The van der Waals surface area contributed by atoms with Gasteiger partial charge in [0.25, 0.3) is 0 Å². The first-order chi connectivity index (χ1) is 11.6. The van der Waals surface area contributed by atoms with Gasteiger partial charge >= 0.3 is 0 Å². The summed E-state index contributed by atoms with van der Waals surface area (Å²) >= 11 is 0. The number of hydrogen-bond acceptors (Lipinski definition) is 4. The first-order valence-electron chi connectivity index (χ1n) is 7.73. The second-order valence-electron chi connectivity index (χ2n) is 5.74. The van der Waals surface area contributed by atoms with Gasteiger partial charge in [-0.2, -0.15) is 0 Å². The van der Waals surface area contributed by atoms with E-state index in [4.69, 9.17) is 0 Å². The van der Waals surface area contributed by atoms with E-state index in [9.17, 15) is 5.11 Å². The van der Waals surface area contributed by atoms with Crippen LogP contribution in [0.1, 0.15) is 18.9 Å². The lowest BCUT2D eigenvalue weighted by Crippen LogP contribution is -2.01. The molecule has 1 unspecified atom stereocenters. The second-order valence-corrected chi connectivity index (χ2v) is 5.74. The molecule has 6 nitrogen and oxygen atoms in total. The van der Waals surface area contributed by atoms with Crippen molar-refractivity contribution in [1.29, 1.82) is 0 Å². The number of hydrogen-bond donors (Lipinski definition) is 1. The Balaban J connectivity index is 1.85. The van der Waals surface area contributed by atoms with Gasteiger partial charge in [0.2, 0.25) is 0 Å². The van der Waals surface area contributed by atoms with Crippen LogP contribution >= 0.6 is 0 Å². The molecule has 0 spiro atoms. The van der Waals surface area contributed by atoms with E-state index >= 15 is 0 Å². The molecule has 0 aliphatic carbocycles. The molecule has 0 fully saturated rings. The van der Waals surface area contributed by atoms with Gasteiger partial charge in [0.05, 0.1) is 11.0 Å². The molecule has 6 heteroatoms. The summed E-state index contributed by atoms with van der Waals surface area (Å²) in [5.74, 6) is 1.48. The van der Waals surface area contributed by atoms with Crippen molar-refractivity contribution in [3.8, 4) is 17.1 Å². The molecule has 0 radical (unpaired) electrons. The highest BCUT2D eigenvalue weighted by molar-refractivity contribution is 5.79. The largest absolute Gasteiger partial charge is 0.385 e. The maximum atomic E-state index is 9.85. The molecule has 0 aliphatic heterocycles. The van der Waals surface area contributed by atoms with Crippen LogP contribution in [-0.2, 0) is 7.05 Å². The monoisotopic (exact) mass is 319 g/mol. The Morgan fingerprint density at radius 1 is 1.17 bits per heavy atom. The number of pyridine rings is 1. The molecule has 0 bridgehead atoms. The molecule has 4 aromatic rings. The van der Waals surface area contributed by atoms with Gasteiger partial charge in [0.15, 0.2) is 0 Å². The Labute approximate surface area is 139 Å². The second kappa shape index (κ2) is 5.58. The Morgan fingerprint density at radius 3 is 2.79 bits per heavy atom. The highest BCUT2D eigenvalue weighted by atomic mass is 16.3. The molecule has 0 aliphatic rings. The number of benzene rings is 1. The third kappa shape index (κ3) is 2.28. The molecule has 120 valence electrons. The minimum atomic E-state index is -0.606. The van der Waals surface area contributed by atoms with E-state index in [0.717, 1.165) is 28.1 Å². The molecule has 0 amide bonds. The number of fused-ring (bicyclic) bond motifs is 1. The highest BCUT2D eigenvalue weighted by Gasteiger charge is 2.14. The average molecular weight is 319 g/mol. The fraction of sp³-hybridized carbons (Fsp3) is 0.167. The summed E-state index contributed by atoms with van der Waals surface area (Å²) in [4.78, 5) is 13.2. The summed E-state index contributed by atoms with van der Waals surface area (Å²) in [5, 5.41) is 9.85. The van der Waals surface area contributed by atoms with E-state index in [2.05, 4.69) is 15.0 Å². The molecule has 0 saturated carbocycles. The minimum Gasteiger partial charge on any atom is -0.385 e. The van der Waals surface area contributed by atoms with Crippen molar-refractivity contribution in [3.05, 3.63) is 60.9 Å². The molecular weight excluding hydrogens is 302 g/mol. The van der Waals surface area contributed by atoms with Crippen molar-refractivity contribution >= 4 is 11.0 Å². The predicted molar refractivity (Wildman–Crippen MR) is 91.7 cm³/mol. The average Bonchev–Trinajstić information content (AvgIpc) is 3.20. The highest BCUT2D eigenvalue weighted by Crippen LogP contribution is 2.25. The molecular formula is C18H17N5O. The third-order valence-electron chi connectivity index (χ3n) is 4.11. The van der Waals surface area contributed by atoms with Gasteiger partial charge in [-0.3, -0.25) is 9.55 Å². The Bertz CT molecular complexity index is 1000. The summed E-state index contributed by atoms with van der Waals surface area (Å²) in [6, 6.07) is 9.92. The molecule has 24 heavy (non-hydrogen) atoms. The van der Waals surface area contributed by atoms with Crippen LogP contribution in [0.5, 0.6) is 0 Å². The van der Waals surface area contributed by atoms with Crippen molar-refractivity contribution in [2.45, 2.75) is 13.0 Å². The van der Waals surface area contributed by atoms with Gasteiger partial charge in [0.1, 0.15) is 17.8 Å². The van der Waals surface area contributed by atoms with E-state index in [1.165, 1.54) is 0 Å². The zero-order valence-electron chi connectivity index (χ0n) is 13.5. The van der Waals surface area contributed by atoms with Gasteiger partial charge in [-0.05, 0) is 37.3 Å². The van der Waals surface area contributed by atoms with Crippen molar-refractivity contribution in [2.24, 2.45) is 7.05 Å². The minimum absolute atomic E-state index is 0.606. The molecule has 4 rings (SSSR count). The number of rotatable bonds is 3. The van der Waals surface area contributed by atoms with E-state index in [0.29, 0.717) is 5.82 Å². The van der Waals surface area contributed by atoms with Crippen LogP contribution < -0.4 is 0 Å². The van der Waals surface area contributed by atoms with Crippen LogP contribution in [0.2, 0.25) is 0 Å². The van der Waals surface area contributed by atoms with Crippen LogP contribution in [0.15, 0.2) is 55.1 Å². The Morgan fingerprint density at radius 2 is 2.04 bits per heavy atom.